The molecule has 9 nitrogen and oxygen atoms in total. The number of nitrogens with zero attached hydrogens (tertiary/aromatic N) is 5. The van der Waals surface area contributed by atoms with Crippen LogP contribution in [0.3, 0.4) is 0 Å². The van der Waals surface area contributed by atoms with Gasteiger partial charge in [-0.1, -0.05) is 24.3 Å². The van der Waals surface area contributed by atoms with E-state index in [-0.39, 0.29) is 18.1 Å². The summed E-state index contributed by atoms with van der Waals surface area (Å²) in [5.41, 5.74) is 2.74. The van der Waals surface area contributed by atoms with Crippen LogP contribution in [0, 0.1) is 24.0 Å². The Morgan fingerprint density at radius 3 is 2.52 bits per heavy atom. The van der Waals surface area contributed by atoms with E-state index in [1.54, 1.807) is 26.4 Å². The number of nitrogens with one attached hydrogen (secondary N) is 1. The summed E-state index contributed by atoms with van der Waals surface area (Å²) in [7, 11) is 0. The highest BCUT2D eigenvalue weighted by Gasteiger charge is 2.22. The molecule has 0 bridgehead atoms. The molecule has 3 aromatic rings. The summed E-state index contributed by atoms with van der Waals surface area (Å²) in [6, 6.07) is 7.93. The van der Waals surface area contributed by atoms with Crippen LogP contribution >= 0.6 is 0 Å². The Morgan fingerprint density at radius 1 is 1.22 bits per heavy atom. The first-order chi connectivity index (χ1) is 12.9. The lowest BCUT2D eigenvalue weighted by atomic mass is 10.1. The minimum atomic E-state index is -0.475. The first-order valence-electron chi connectivity index (χ1n) is 8.42. The summed E-state index contributed by atoms with van der Waals surface area (Å²) in [6.07, 6.45) is 5.40. The van der Waals surface area contributed by atoms with Gasteiger partial charge in [-0.3, -0.25) is 19.6 Å². The first kappa shape index (κ1) is 18.3. The number of rotatable bonds is 7. The van der Waals surface area contributed by atoms with E-state index in [0.717, 1.165) is 17.7 Å². The maximum atomic E-state index is 12.2. The molecule has 0 aliphatic carbocycles. The van der Waals surface area contributed by atoms with Crippen LogP contribution in [0.1, 0.15) is 22.5 Å². The fraction of sp³-hybridized carbons (Fsp3) is 0.278. The summed E-state index contributed by atoms with van der Waals surface area (Å²) in [4.78, 5) is 26.7. The molecule has 0 radical (unpaired) electrons. The number of aryl methyl sites for hydroxylation is 1. The third-order valence-electron chi connectivity index (χ3n) is 4.26. The van der Waals surface area contributed by atoms with E-state index in [9.17, 15) is 14.9 Å². The number of carbonyl (C=O) groups is 1. The first-order valence-corrected chi connectivity index (χ1v) is 8.42. The number of amides is 1. The van der Waals surface area contributed by atoms with Gasteiger partial charge in [-0.05, 0) is 25.0 Å². The Morgan fingerprint density at radius 2 is 1.93 bits per heavy atom. The van der Waals surface area contributed by atoms with E-state index in [1.807, 2.05) is 35.0 Å². The molecule has 0 saturated heterocycles. The van der Waals surface area contributed by atoms with Crippen LogP contribution in [-0.2, 0) is 24.4 Å². The van der Waals surface area contributed by atoms with Crippen molar-refractivity contribution in [2.24, 2.45) is 0 Å². The highest BCUT2D eigenvalue weighted by molar-refractivity contribution is 5.75. The normalized spacial score (nSPS) is 10.7. The number of carbonyl (C=O) groups excluding carboxylic acids is 1. The highest BCUT2D eigenvalue weighted by Crippen LogP contribution is 2.21. The number of hydrogen-bond donors (Lipinski definition) is 1. The number of nitro groups is 1. The van der Waals surface area contributed by atoms with Crippen molar-refractivity contribution in [3.05, 3.63) is 75.6 Å². The van der Waals surface area contributed by atoms with Gasteiger partial charge in [0, 0.05) is 25.5 Å². The predicted molar refractivity (Wildman–Crippen MR) is 98.0 cm³/mol. The lowest BCUT2D eigenvalue weighted by molar-refractivity contribution is -0.386. The number of imidazole rings is 1. The molecule has 1 aromatic carbocycles. The van der Waals surface area contributed by atoms with Crippen molar-refractivity contribution >= 4 is 11.6 Å². The Labute approximate surface area is 155 Å². The van der Waals surface area contributed by atoms with Gasteiger partial charge in [0.15, 0.2) is 0 Å². The van der Waals surface area contributed by atoms with E-state index in [1.165, 1.54) is 4.68 Å². The average Bonchev–Trinajstić information content (AvgIpc) is 3.22. The molecule has 0 unspecified atom stereocenters. The molecule has 0 atom stereocenters. The zero-order chi connectivity index (χ0) is 19.4. The smallest absolute Gasteiger partial charge is 0.312 e. The second kappa shape index (κ2) is 7.81. The van der Waals surface area contributed by atoms with Gasteiger partial charge in [-0.2, -0.15) is 5.10 Å². The molecule has 0 saturated carbocycles. The van der Waals surface area contributed by atoms with Gasteiger partial charge in [0.2, 0.25) is 5.91 Å². The van der Waals surface area contributed by atoms with E-state index in [0.29, 0.717) is 17.9 Å². The third kappa shape index (κ3) is 4.38. The lowest BCUT2D eigenvalue weighted by Gasteiger charge is -2.08. The van der Waals surface area contributed by atoms with Crippen LogP contribution in [0.25, 0.3) is 0 Å². The fourth-order valence-electron chi connectivity index (χ4n) is 2.85. The molecule has 0 aliphatic rings. The van der Waals surface area contributed by atoms with Crippen molar-refractivity contribution in [1.82, 2.24) is 24.6 Å². The summed E-state index contributed by atoms with van der Waals surface area (Å²) < 4.78 is 3.33. The van der Waals surface area contributed by atoms with Crippen molar-refractivity contribution < 1.29 is 9.72 Å². The number of aromatic nitrogens is 4. The number of hydrogen-bond acceptors (Lipinski definition) is 5. The maximum absolute atomic E-state index is 12.2. The average molecular weight is 368 g/mol. The molecule has 2 heterocycles. The molecular formula is C18H20N6O3. The number of benzene rings is 1. The van der Waals surface area contributed by atoms with Crippen molar-refractivity contribution in [2.75, 3.05) is 0 Å². The van der Waals surface area contributed by atoms with Crippen molar-refractivity contribution in [2.45, 2.75) is 33.5 Å². The minimum Gasteiger partial charge on any atom is -0.350 e. The standard InChI is InChI=1S/C18H20N6O3/c1-13-18(24(26)27)14(2)23(21-13)11-17(25)20-9-15-3-5-16(6-4-15)10-22-8-7-19-12-22/h3-8,12H,9-11H2,1-2H3,(H,20,25). The SMILES string of the molecule is Cc1nn(CC(=O)NCc2ccc(Cn3ccnc3)cc2)c(C)c1[N+](=O)[O-]. The van der Waals surface area contributed by atoms with Crippen molar-refractivity contribution in [1.29, 1.82) is 0 Å². The van der Waals surface area contributed by atoms with Gasteiger partial charge >= 0.3 is 5.69 Å². The summed E-state index contributed by atoms with van der Waals surface area (Å²) in [6.45, 7) is 4.21. The largest absolute Gasteiger partial charge is 0.350 e. The molecular weight excluding hydrogens is 348 g/mol. The maximum Gasteiger partial charge on any atom is 0.312 e. The van der Waals surface area contributed by atoms with Gasteiger partial charge in [0.05, 0.1) is 11.3 Å². The van der Waals surface area contributed by atoms with Crippen molar-refractivity contribution in [3.8, 4) is 0 Å². The summed E-state index contributed by atoms with van der Waals surface area (Å²) in [5, 5.41) is 17.9. The molecule has 0 aliphatic heterocycles. The van der Waals surface area contributed by atoms with Gasteiger partial charge in [-0.15, -0.1) is 0 Å². The Bertz CT molecular complexity index is 944. The zero-order valence-corrected chi connectivity index (χ0v) is 15.1. The summed E-state index contributed by atoms with van der Waals surface area (Å²) >= 11 is 0. The molecule has 0 fully saturated rings. The van der Waals surface area contributed by atoms with Crippen LogP contribution in [-0.4, -0.2) is 30.2 Å². The lowest BCUT2D eigenvalue weighted by Crippen LogP contribution is -2.28. The van der Waals surface area contributed by atoms with Crippen LogP contribution in [0.4, 0.5) is 5.69 Å². The Balaban J connectivity index is 1.55. The topological polar surface area (TPSA) is 108 Å². The van der Waals surface area contributed by atoms with Gasteiger partial charge in [-0.25, -0.2) is 4.98 Å². The van der Waals surface area contributed by atoms with Crippen molar-refractivity contribution in [3.63, 3.8) is 0 Å². The monoisotopic (exact) mass is 368 g/mol. The molecule has 1 N–H and O–H groups in total. The zero-order valence-electron chi connectivity index (χ0n) is 15.1. The highest BCUT2D eigenvalue weighted by atomic mass is 16.6. The van der Waals surface area contributed by atoms with Crippen LogP contribution in [0.15, 0.2) is 43.0 Å². The molecule has 9 heteroatoms. The van der Waals surface area contributed by atoms with E-state index in [4.69, 9.17) is 0 Å². The summed E-state index contributed by atoms with van der Waals surface area (Å²) in [5.74, 6) is -0.252. The molecule has 140 valence electrons. The minimum absolute atomic E-state index is 0.0451. The second-order valence-corrected chi connectivity index (χ2v) is 6.26. The van der Waals surface area contributed by atoms with Crippen LogP contribution in [0.2, 0.25) is 0 Å². The second-order valence-electron chi connectivity index (χ2n) is 6.26. The van der Waals surface area contributed by atoms with Gasteiger partial charge in [0.25, 0.3) is 0 Å². The fourth-order valence-corrected chi connectivity index (χ4v) is 2.85. The molecule has 3 rings (SSSR count). The van der Waals surface area contributed by atoms with Crippen LogP contribution < -0.4 is 5.32 Å². The Hall–Kier alpha value is -3.49. The van der Waals surface area contributed by atoms with E-state index >= 15 is 0 Å². The van der Waals surface area contributed by atoms with E-state index in [2.05, 4.69) is 15.4 Å². The predicted octanol–water partition coefficient (Wildman–Crippen LogP) is 1.97. The Kier molecular flexibility index (Phi) is 5.30. The van der Waals surface area contributed by atoms with E-state index < -0.39 is 4.92 Å². The molecule has 27 heavy (non-hydrogen) atoms. The quantitative estimate of drug-likeness (QED) is 0.507. The molecule has 0 spiro atoms. The third-order valence-corrected chi connectivity index (χ3v) is 4.26. The van der Waals surface area contributed by atoms with Gasteiger partial charge in [0.1, 0.15) is 17.9 Å². The van der Waals surface area contributed by atoms with Crippen LogP contribution in [0.5, 0.6) is 0 Å². The molecule has 1 amide bonds. The molecule has 2 aromatic heterocycles. The van der Waals surface area contributed by atoms with Gasteiger partial charge < -0.3 is 9.88 Å².